The lowest BCUT2D eigenvalue weighted by Crippen LogP contribution is -2.36. The van der Waals surface area contributed by atoms with E-state index in [1.54, 1.807) is 23.1 Å². The number of carboxylic acid groups (broad SMARTS) is 1. The number of benzene rings is 1. The summed E-state index contributed by atoms with van der Waals surface area (Å²) in [6, 6.07) is 4.96. The Bertz CT molecular complexity index is 601. The molecule has 0 aromatic heterocycles. The lowest BCUT2D eigenvalue weighted by molar-refractivity contribution is -0.137. The van der Waals surface area contributed by atoms with Crippen molar-refractivity contribution in [3.05, 3.63) is 23.8 Å². The number of carbonyl (C=O) groups excluding carboxylic acids is 1. The van der Waals surface area contributed by atoms with E-state index in [4.69, 9.17) is 14.6 Å². The number of carboxylic acids is 1. The molecular formula is C19H27NO5. The number of aliphatic carboxylic acids is 1. The molecule has 0 aliphatic carbocycles. The molecule has 2 rings (SSSR count). The van der Waals surface area contributed by atoms with Crippen molar-refractivity contribution in [2.45, 2.75) is 52.0 Å². The van der Waals surface area contributed by atoms with Crippen LogP contribution >= 0.6 is 0 Å². The lowest BCUT2D eigenvalue weighted by atomic mass is 10.1. The van der Waals surface area contributed by atoms with Crippen molar-refractivity contribution in [2.75, 3.05) is 19.8 Å². The van der Waals surface area contributed by atoms with E-state index in [2.05, 4.69) is 0 Å². The van der Waals surface area contributed by atoms with E-state index in [1.807, 2.05) is 13.8 Å². The van der Waals surface area contributed by atoms with E-state index in [9.17, 15) is 9.59 Å². The third-order valence-electron chi connectivity index (χ3n) is 4.16. The summed E-state index contributed by atoms with van der Waals surface area (Å²) in [7, 11) is 0. The first-order chi connectivity index (χ1) is 12.1. The SMILES string of the molecule is CCCOc1ccc(C(=O)N2CCCC2CC(=O)O)cc1OCCC. The number of carbonyl (C=O) groups is 2. The van der Waals surface area contributed by atoms with Crippen LogP contribution in [0.1, 0.15) is 56.3 Å². The molecule has 0 spiro atoms. The lowest BCUT2D eigenvalue weighted by Gasteiger charge is -2.24. The largest absolute Gasteiger partial charge is 0.490 e. The molecular weight excluding hydrogens is 322 g/mol. The van der Waals surface area contributed by atoms with Gasteiger partial charge in [0.1, 0.15) is 0 Å². The zero-order chi connectivity index (χ0) is 18.2. The van der Waals surface area contributed by atoms with Crippen molar-refractivity contribution in [3.63, 3.8) is 0 Å². The van der Waals surface area contributed by atoms with Crippen molar-refractivity contribution >= 4 is 11.9 Å². The first kappa shape index (κ1) is 19.1. The summed E-state index contributed by atoms with van der Waals surface area (Å²) in [5.41, 5.74) is 0.507. The number of amides is 1. The number of ether oxygens (including phenoxy) is 2. The molecule has 1 aromatic carbocycles. The van der Waals surface area contributed by atoms with Gasteiger partial charge in [0.05, 0.1) is 19.6 Å². The summed E-state index contributed by atoms with van der Waals surface area (Å²) in [6.07, 6.45) is 3.30. The van der Waals surface area contributed by atoms with E-state index in [0.29, 0.717) is 36.8 Å². The molecule has 0 saturated carbocycles. The molecule has 1 unspecified atom stereocenters. The van der Waals surface area contributed by atoms with Crippen molar-refractivity contribution in [1.82, 2.24) is 4.90 Å². The van der Waals surface area contributed by atoms with Crippen molar-refractivity contribution < 1.29 is 24.2 Å². The number of nitrogens with zero attached hydrogens (tertiary/aromatic N) is 1. The number of likely N-dealkylation sites (tertiary alicyclic amines) is 1. The summed E-state index contributed by atoms with van der Waals surface area (Å²) in [6.45, 7) is 5.77. The number of rotatable bonds is 9. The smallest absolute Gasteiger partial charge is 0.305 e. The zero-order valence-electron chi connectivity index (χ0n) is 15.0. The van der Waals surface area contributed by atoms with E-state index >= 15 is 0 Å². The first-order valence-electron chi connectivity index (χ1n) is 8.99. The fourth-order valence-corrected chi connectivity index (χ4v) is 2.98. The maximum atomic E-state index is 12.8. The van der Waals surface area contributed by atoms with Crippen LogP contribution in [-0.4, -0.2) is 47.7 Å². The molecule has 0 radical (unpaired) electrons. The third kappa shape index (κ3) is 5.11. The summed E-state index contributed by atoms with van der Waals surface area (Å²) < 4.78 is 11.4. The minimum atomic E-state index is -0.875. The molecule has 1 saturated heterocycles. The van der Waals surface area contributed by atoms with Gasteiger partial charge >= 0.3 is 5.97 Å². The molecule has 1 fully saturated rings. The summed E-state index contributed by atoms with van der Waals surface area (Å²) >= 11 is 0. The van der Waals surface area contributed by atoms with Crippen molar-refractivity contribution in [1.29, 1.82) is 0 Å². The topological polar surface area (TPSA) is 76.1 Å². The van der Waals surface area contributed by atoms with Crippen LogP contribution in [0.2, 0.25) is 0 Å². The average molecular weight is 349 g/mol. The minimum Gasteiger partial charge on any atom is -0.490 e. The Kier molecular flexibility index (Phi) is 7.10. The van der Waals surface area contributed by atoms with Gasteiger partial charge in [0.15, 0.2) is 11.5 Å². The standard InChI is InChI=1S/C19H27NO5/c1-3-10-24-16-8-7-14(12-17(16)25-11-4-2)19(23)20-9-5-6-15(20)13-18(21)22/h7-8,12,15H,3-6,9-11,13H2,1-2H3,(H,21,22). The molecule has 0 bridgehead atoms. The fourth-order valence-electron chi connectivity index (χ4n) is 2.98. The van der Waals surface area contributed by atoms with Gasteiger partial charge in [-0.05, 0) is 43.9 Å². The molecule has 1 aliphatic rings. The highest BCUT2D eigenvalue weighted by atomic mass is 16.5. The second kappa shape index (κ2) is 9.30. The van der Waals surface area contributed by atoms with E-state index in [1.165, 1.54) is 0 Å². The Morgan fingerprint density at radius 3 is 2.48 bits per heavy atom. The molecule has 1 aromatic rings. The Balaban J connectivity index is 2.19. The second-order valence-electron chi connectivity index (χ2n) is 6.25. The highest BCUT2D eigenvalue weighted by molar-refractivity contribution is 5.95. The van der Waals surface area contributed by atoms with Crippen LogP contribution in [0, 0.1) is 0 Å². The maximum Gasteiger partial charge on any atom is 0.305 e. The van der Waals surface area contributed by atoms with Gasteiger partial charge in [0.25, 0.3) is 5.91 Å². The van der Waals surface area contributed by atoms with Gasteiger partial charge in [-0.3, -0.25) is 9.59 Å². The molecule has 6 heteroatoms. The van der Waals surface area contributed by atoms with Gasteiger partial charge in [-0.1, -0.05) is 13.8 Å². The van der Waals surface area contributed by atoms with Gasteiger partial charge in [-0.15, -0.1) is 0 Å². The first-order valence-corrected chi connectivity index (χ1v) is 8.99. The molecule has 1 amide bonds. The maximum absolute atomic E-state index is 12.8. The quantitative estimate of drug-likeness (QED) is 0.740. The summed E-state index contributed by atoms with van der Waals surface area (Å²) in [5, 5.41) is 9.03. The highest BCUT2D eigenvalue weighted by Gasteiger charge is 2.31. The van der Waals surface area contributed by atoms with Crippen LogP contribution in [0.15, 0.2) is 18.2 Å². The van der Waals surface area contributed by atoms with E-state index in [-0.39, 0.29) is 18.4 Å². The Hall–Kier alpha value is -2.24. The van der Waals surface area contributed by atoms with Gasteiger partial charge in [0, 0.05) is 18.2 Å². The molecule has 1 heterocycles. The Labute approximate surface area is 148 Å². The van der Waals surface area contributed by atoms with Crippen LogP contribution in [0.4, 0.5) is 0 Å². The molecule has 1 N–H and O–H groups in total. The summed E-state index contributed by atoms with van der Waals surface area (Å²) in [4.78, 5) is 25.5. The van der Waals surface area contributed by atoms with Crippen LogP contribution in [0.5, 0.6) is 11.5 Å². The van der Waals surface area contributed by atoms with Gasteiger partial charge in [0.2, 0.25) is 0 Å². The second-order valence-corrected chi connectivity index (χ2v) is 6.25. The monoisotopic (exact) mass is 349 g/mol. The molecule has 25 heavy (non-hydrogen) atoms. The van der Waals surface area contributed by atoms with Crippen LogP contribution in [0.3, 0.4) is 0 Å². The van der Waals surface area contributed by atoms with E-state index < -0.39 is 5.97 Å². The molecule has 1 aliphatic heterocycles. The summed E-state index contributed by atoms with van der Waals surface area (Å²) in [5.74, 6) is 0.178. The highest BCUT2D eigenvalue weighted by Crippen LogP contribution is 2.31. The minimum absolute atomic E-state index is 0.0113. The molecule has 6 nitrogen and oxygen atoms in total. The van der Waals surface area contributed by atoms with Crippen LogP contribution < -0.4 is 9.47 Å². The number of hydrogen-bond acceptors (Lipinski definition) is 4. The van der Waals surface area contributed by atoms with Gasteiger partial charge in [-0.2, -0.15) is 0 Å². The predicted octanol–water partition coefficient (Wildman–Crippen LogP) is 3.34. The van der Waals surface area contributed by atoms with Crippen molar-refractivity contribution in [2.24, 2.45) is 0 Å². The zero-order valence-corrected chi connectivity index (χ0v) is 15.0. The average Bonchev–Trinajstić information content (AvgIpc) is 3.05. The van der Waals surface area contributed by atoms with Crippen LogP contribution in [0.25, 0.3) is 0 Å². The van der Waals surface area contributed by atoms with Gasteiger partial charge in [-0.25, -0.2) is 0 Å². The normalized spacial score (nSPS) is 16.7. The van der Waals surface area contributed by atoms with E-state index in [0.717, 1.165) is 25.7 Å². The fraction of sp³-hybridized carbons (Fsp3) is 0.579. The van der Waals surface area contributed by atoms with Crippen molar-refractivity contribution in [3.8, 4) is 11.5 Å². The Morgan fingerprint density at radius 2 is 1.84 bits per heavy atom. The van der Waals surface area contributed by atoms with Crippen LogP contribution in [-0.2, 0) is 4.79 Å². The Morgan fingerprint density at radius 1 is 1.16 bits per heavy atom. The van der Waals surface area contributed by atoms with Gasteiger partial charge < -0.3 is 19.5 Å². The predicted molar refractivity (Wildman–Crippen MR) is 94.3 cm³/mol. The third-order valence-corrected chi connectivity index (χ3v) is 4.16. The molecule has 1 atom stereocenters. The number of hydrogen-bond donors (Lipinski definition) is 1. The molecule has 138 valence electrons.